The van der Waals surface area contributed by atoms with Crippen molar-refractivity contribution >= 4 is 177 Å². The minimum atomic E-state index is -0.107. The van der Waals surface area contributed by atoms with Gasteiger partial charge in [-0.2, -0.15) is 0 Å². The smallest absolute Gasteiger partial charge is 0.159 e. The molecule has 3 aromatic heterocycles. The van der Waals surface area contributed by atoms with E-state index in [1.54, 1.807) is 0 Å². The molecule has 3 heterocycles. The molecule has 24 aromatic rings. The zero-order chi connectivity index (χ0) is 84.9. The summed E-state index contributed by atoms with van der Waals surface area (Å²) in [6.07, 6.45) is 0. The van der Waals surface area contributed by atoms with Crippen LogP contribution in [0.15, 0.2) is 474 Å². The summed E-state index contributed by atoms with van der Waals surface area (Å²) < 4.78 is 20.8. The normalized spacial score (nSPS) is 12.2. The van der Waals surface area contributed by atoms with E-state index < -0.39 is 0 Å². The predicted octanol–water partition coefficient (Wildman–Crippen LogP) is 34.9. The molecule has 0 saturated heterocycles. The van der Waals surface area contributed by atoms with Crippen molar-refractivity contribution in [3.05, 3.63) is 472 Å². The number of anilines is 12. The van der Waals surface area contributed by atoms with Gasteiger partial charge in [0.05, 0.1) is 17.1 Å². The highest BCUT2D eigenvalue weighted by Crippen LogP contribution is 2.54. The average molecular weight is 1640 g/mol. The van der Waals surface area contributed by atoms with Gasteiger partial charge in [-0.1, -0.05) is 299 Å². The van der Waals surface area contributed by atoms with E-state index in [0.29, 0.717) is 0 Å². The first kappa shape index (κ1) is 75.0. The van der Waals surface area contributed by atoms with Gasteiger partial charge in [-0.05, 0) is 246 Å². The maximum Gasteiger partial charge on any atom is 0.159 e. The Bertz CT molecular complexity index is 8320. The van der Waals surface area contributed by atoms with Crippen LogP contribution in [0.25, 0.3) is 153 Å². The second-order valence-electron chi connectivity index (χ2n) is 33.7. The molecule has 0 radical (unpaired) electrons. The highest BCUT2D eigenvalue weighted by molar-refractivity contribution is 6.32. The lowest BCUT2D eigenvalue weighted by molar-refractivity contribution is 0.660. The lowest BCUT2D eigenvalue weighted by atomic mass is 9.82. The summed E-state index contributed by atoms with van der Waals surface area (Å²) in [7, 11) is 0. The quantitative estimate of drug-likeness (QED) is 0.0948. The fourth-order valence-electron chi connectivity index (χ4n) is 20.0. The monoisotopic (exact) mass is 1640 g/mol. The fourth-order valence-corrected chi connectivity index (χ4v) is 20.0. The van der Waals surface area contributed by atoms with Crippen molar-refractivity contribution in [3.8, 4) is 44.5 Å². The van der Waals surface area contributed by atoms with E-state index in [9.17, 15) is 0 Å². The van der Waals surface area contributed by atoms with Gasteiger partial charge in [0.1, 0.15) is 27.9 Å². The van der Waals surface area contributed by atoms with Gasteiger partial charge >= 0.3 is 0 Å². The maximum atomic E-state index is 7.10. The van der Waals surface area contributed by atoms with Crippen LogP contribution < -0.4 is 19.6 Å². The lowest BCUT2D eigenvalue weighted by Crippen LogP contribution is -2.16. The summed E-state index contributed by atoms with van der Waals surface area (Å²) in [6.45, 7) is 4.68. The molecule has 25 rings (SSSR count). The van der Waals surface area contributed by atoms with Crippen molar-refractivity contribution in [2.45, 2.75) is 19.3 Å². The Morgan fingerprint density at radius 2 is 0.508 bits per heavy atom. The summed E-state index contributed by atoms with van der Waals surface area (Å²) in [6, 6.07) is 165. The van der Waals surface area contributed by atoms with Gasteiger partial charge in [0, 0.05) is 117 Å². The number of benzene rings is 21. The van der Waals surface area contributed by atoms with Crippen molar-refractivity contribution in [2.24, 2.45) is 0 Å². The van der Waals surface area contributed by atoms with Crippen LogP contribution in [-0.2, 0) is 5.41 Å². The third kappa shape index (κ3) is 12.7. The molecule has 0 amide bonds. The van der Waals surface area contributed by atoms with Crippen molar-refractivity contribution in [2.75, 3.05) is 19.6 Å². The molecular weight excluding hydrogens is 1560 g/mol. The van der Waals surface area contributed by atoms with E-state index in [1.165, 1.54) is 49.2 Å². The number of rotatable bonds is 15. The molecule has 7 nitrogen and oxygen atoms in total. The number of fused-ring (bicyclic) bond motifs is 22. The van der Waals surface area contributed by atoms with Gasteiger partial charge in [-0.3, -0.25) is 0 Å². The number of hydrogen-bond acceptors (Lipinski definition) is 7. The zero-order valence-electron chi connectivity index (χ0n) is 70.4. The van der Waals surface area contributed by atoms with Gasteiger partial charge in [-0.15, -0.1) is 0 Å². The standard InChI is InChI=1S/C62H40N2O2.C59H42N2O/c1-4-17-42(18-5-1)48-23-12-14-28-56(48)64(57-29-16-27-52-50-25-13-15-30-58(50)65-61(52)57)47-36-38-54-59(40-47)66-62-53-37-33-43(39-55(53)49-24-10-11-26-51(49)60(54)62)41-31-34-46(35-32-41)63(44-19-6-2-7-20-44)45-21-8-3-9-22-45;1-59(2)54-25-15-14-23-48(54)49-34-31-45(37-55(49)59)61(43-20-10-5-11-21-43)46-32-35-52-56(38-46)62-58-51-33-28-40(36-53(51)47-22-12-13-24-50(47)57(52)58)39-26-29-44(30-27-39)60(41-16-6-3-7-17-41)42-18-8-4-9-19-42/h1-40H;3-38H,1-2H3. The highest BCUT2D eigenvalue weighted by Gasteiger charge is 2.36. The van der Waals surface area contributed by atoms with Crippen molar-refractivity contribution in [3.63, 3.8) is 0 Å². The molecular formula is C121H82N4O3. The van der Waals surface area contributed by atoms with Crippen LogP contribution in [-0.4, -0.2) is 0 Å². The number of para-hydroxylation sites is 8. The van der Waals surface area contributed by atoms with Crippen molar-refractivity contribution in [1.82, 2.24) is 0 Å². The number of furan rings is 3. The summed E-state index contributed by atoms with van der Waals surface area (Å²) >= 11 is 0. The molecule has 0 spiro atoms. The second-order valence-corrected chi connectivity index (χ2v) is 33.7. The van der Waals surface area contributed by atoms with Gasteiger partial charge in [0.25, 0.3) is 0 Å². The van der Waals surface area contributed by atoms with E-state index in [-0.39, 0.29) is 5.41 Å². The maximum absolute atomic E-state index is 7.10. The lowest BCUT2D eigenvalue weighted by Gasteiger charge is -2.28. The average Bonchev–Trinajstić information content (AvgIpc) is 1.58. The molecule has 0 aliphatic heterocycles. The Kier molecular flexibility index (Phi) is 18.1. The number of hydrogen-bond donors (Lipinski definition) is 0. The van der Waals surface area contributed by atoms with Crippen molar-refractivity contribution < 1.29 is 13.3 Å². The van der Waals surface area contributed by atoms with Crippen LogP contribution in [0.4, 0.5) is 68.2 Å². The predicted molar refractivity (Wildman–Crippen MR) is 537 cm³/mol. The van der Waals surface area contributed by atoms with E-state index in [1.807, 2.05) is 12.1 Å². The molecule has 0 unspecified atom stereocenters. The molecule has 128 heavy (non-hydrogen) atoms. The summed E-state index contributed by atoms with van der Waals surface area (Å²) in [5.74, 6) is 0. The Hall–Kier alpha value is -16.7. The van der Waals surface area contributed by atoms with Crippen LogP contribution >= 0.6 is 0 Å². The summed E-state index contributed by atoms with van der Waals surface area (Å²) in [4.78, 5) is 9.28. The molecule has 0 N–H and O–H groups in total. The van der Waals surface area contributed by atoms with Gasteiger partial charge in [0.2, 0.25) is 0 Å². The van der Waals surface area contributed by atoms with E-state index in [0.717, 1.165) is 184 Å². The summed E-state index contributed by atoms with van der Waals surface area (Å²) in [5, 5.41) is 15.9. The van der Waals surface area contributed by atoms with E-state index in [2.05, 4.69) is 482 Å². The largest absolute Gasteiger partial charge is 0.455 e. The van der Waals surface area contributed by atoms with Crippen LogP contribution in [0.3, 0.4) is 0 Å². The molecule has 0 fully saturated rings. The molecule has 1 aliphatic carbocycles. The molecule has 0 atom stereocenters. The Balaban J connectivity index is 0.000000143. The first-order valence-electron chi connectivity index (χ1n) is 43.8. The molecule has 604 valence electrons. The third-order valence-electron chi connectivity index (χ3n) is 26.0. The van der Waals surface area contributed by atoms with Crippen LogP contribution in [0.2, 0.25) is 0 Å². The van der Waals surface area contributed by atoms with Crippen molar-refractivity contribution in [1.29, 1.82) is 0 Å². The molecule has 0 bridgehead atoms. The minimum Gasteiger partial charge on any atom is -0.455 e. The first-order chi connectivity index (χ1) is 63.3. The Morgan fingerprint density at radius 3 is 1.02 bits per heavy atom. The first-order valence-corrected chi connectivity index (χ1v) is 43.8. The Morgan fingerprint density at radius 1 is 0.172 bits per heavy atom. The van der Waals surface area contributed by atoms with Crippen LogP contribution in [0.1, 0.15) is 25.0 Å². The molecule has 0 saturated carbocycles. The van der Waals surface area contributed by atoms with E-state index >= 15 is 0 Å². The van der Waals surface area contributed by atoms with Gasteiger partial charge in [-0.25, -0.2) is 0 Å². The van der Waals surface area contributed by atoms with Crippen LogP contribution in [0.5, 0.6) is 0 Å². The number of nitrogens with zero attached hydrogens (tertiary/aromatic N) is 4. The Labute approximate surface area is 741 Å². The highest BCUT2D eigenvalue weighted by atomic mass is 16.3. The van der Waals surface area contributed by atoms with Gasteiger partial charge < -0.3 is 32.9 Å². The summed E-state index contributed by atoms with van der Waals surface area (Å²) in [5.41, 5.74) is 30.2. The fraction of sp³-hybridized carbons (Fsp3) is 0.0248. The molecule has 21 aromatic carbocycles. The SMILES string of the molecule is CC1(C)c2ccccc2-c2ccc(N(c3ccccc3)c3ccc4c(c3)oc3c5ccc(-c6ccc(N(c7ccccc7)c7ccccc7)cc6)cc5c5ccccc5c43)cc21.c1ccc(-c2ccccc2N(c2ccc3c(c2)oc2c4ccc(-c5ccc(N(c6ccccc6)c6ccccc6)cc5)cc4c4ccccc4c32)c2cccc3c2oc2ccccc23)cc1. The topological polar surface area (TPSA) is 52.4 Å². The molecule has 1 aliphatic rings. The molecule has 7 heteroatoms. The van der Waals surface area contributed by atoms with Crippen LogP contribution in [0, 0.1) is 0 Å². The van der Waals surface area contributed by atoms with E-state index in [4.69, 9.17) is 13.3 Å². The second kappa shape index (κ2) is 30.9. The zero-order valence-corrected chi connectivity index (χ0v) is 70.4. The minimum absolute atomic E-state index is 0.107. The van der Waals surface area contributed by atoms with Gasteiger partial charge in [0.15, 0.2) is 5.58 Å². The third-order valence-corrected chi connectivity index (χ3v) is 26.0.